The second kappa shape index (κ2) is 8.17. The van der Waals surface area contributed by atoms with E-state index >= 15 is 0 Å². The van der Waals surface area contributed by atoms with E-state index in [9.17, 15) is 9.59 Å². The Morgan fingerprint density at radius 2 is 1.97 bits per heavy atom. The molecular weight excluding hydrogens is 372 g/mol. The lowest BCUT2D eigenvalue weighted by molar-refractivity contribution is -0.124. The highest BCUT2D eigenvalue weighted by Crippen LogP contribution is 2.38. The van der Waals surface area contributed by atoms with E-state index in [0.717, 1.165) is 5.56 Å². The summed E-state index contributed by atoms with van der Waals surface area (Å²) in [4.78, 5) is 37.2. The lowest BCUT2D eigenvalue weighted by atomic mass is 10.0. The van der Waals surface area contributed by atoms with Crippen LogP contribution >= 0.6 is 0 Å². The highest BCUT2D eigenvalue weighted by molar-refractivity contribution is 5.92. The highest BCUT2D eigenvalue weighted by atomic mass is 16.5. The van der Waals surface area contributed by atoms with Crippen molar-refractivity contribution in [1.82, 2.24) is 30.7 Å². The number of carbonyl (C=O) groups excluding carboxylic acids is 2. The molecule has 2 N–H and O–H groups in total. The van der Waals surface area contributed by atoms with E-state index in [1.807, 2.05) is 30.3 Å². The van der Waals surface area contributed by atoms with Crippen molar-refractivity contribution in [2.75, 3.05) is 7.05 Å². The Hall–Kier alpha value is -3.62. The molecule has 9 heteroatoms. The van der Waals surface area contributed by atoms with Crippen molar-refractivity contribution in [3.8, 4) is 11.4 Å². The first-order chi connectivity index (χ1) is 14.2. The van der Waals surface area contributed by atoms with Crippen LogP contribution in [-0.4, -0.2) is 45.0 Å². The molecule has 2 heterocycles. The Bertz CT molecular complexity index is 992. The summed E-state index contributed by atoms with van der Waals surface area (Å²) in [5, 5.41) is 9.70. The number of nitrogens with one attached hydrogen (secondary N) is 2. The molecule has 0 saturated heterocycles. The second-order valence-corrected chi connectivity index (χ2v) is 6.88. The number of hydrogen-bond donors (Lipinski definition) is 2. The van der Waals surface area contributed by atoms with E-state index in [1.54, 1.807) is 7.05 Å². The standard InChI is InChI=1S/C20H20N6O3/c1-21-18(27)13-9-14(15(10-13)24-19(28)16-11-22-7-8-23-16)20-25-17(26-29-20)12-5-3-2-4-6-12/h2-8,11,13-15H,9-10H2,1H3,(H,21,27)(H,24,28)/t13-,14-,15+/m1/s1. The van der Waals surface area contributed by atoms with Crippen LogP contribution in [0.15, 0.2) is 53.4 Å². The van der Waals surface area contributed by atoms with Gasteiger partial charge in [0.1, 0.15) is 5.69 Å². The zero-order chi connectivity index (χ0) is 20.2. The summed E-state index contributed by atoms with van der Waals surface area (Å²) in [5.74, 6) is -0.0858. The first kappa shape index (κ1) is 18.7. The summed E-state index contributed by atoms with van der Waals surface area (Å²) in [7, 11) is 1.60. The fourth-order valence-electron chi connectivity index (χ4n) is 3.64. The molecule has 0 spiro atoms. The van der Waals surface area contributed by atoms with Crippen LogP contribution in [0, 0.1) is 5.92 Å². The average Bonchev–Trinajstić information content (AvgIpc) is 3.42. The van der Waals surface area contributed by atoms with Crippen molar-refractivity contribution < 1.29 is 14.1 Å². The smallest absolute Gasteiger partial charge is 0.271 e. The normalized spacial score (nSPS) is 20.9. The molecule has 0 bridgehead atoms. The lowest BCUT2D eigenvalue weighted by Crippen LogP contribution is -2.37. The van der Waals surface area contributed by atoms with E-state index < -0.39 is 0 Å². The van der Waals surface area contributed by atoms with Gasteiger partial charge in [0.2, 0.25) is 17.6 Å². The van der Waals surface area contributed by atoms with Gasteiger partial charge in [0.25, 0.3) is 5.91 Å². The van der Waals surface area contributed by atoms with E-state index in [1.165, 1.54) is 18.6 Å². The molecule has 0 aliphatic heterocycles. The molecule has 4 rings (SSSR count). The summed E-state index contributed by atoms with van der Waals surface area (Å²) in [5.41, 5.74) is 1.05. The summed E-state index contributed by atoms with van der Waals surface area (Å²) >= 11 is 0. The predicted octanol–water partition coefficient (Wildman–Crippen LogP) is 1.56. The first-order valence-electron chi connectivity index (χ1n) is 9.33. The van der Waals surface area contributed by atoms with Gasteiger partial charge in [-0.1, -0.05) is 35.5 Å². The number of benzene rings is 1. The topological polar surface area (TPSA) is 123 Å². The zero-order valence-electron chi connectivity index (χ0n) is 15.8. The maximum atomic E-state index is 12.6. The Balaban J connectivity index is 1.58. The van der Waals surface area contributed by atoms with Gasteiger partial charge in [-0.15, -0.1) is 0 Å². The SMILES string of the molecule is CNC(=O)[C@H]1C[C@H](NC(=O)c2cnccn2)[C@H](c2nc(-c3ccccc3)no2)C1. The van der Waals surface area contributed by atoms with Gasteiger partial charge in [-0.05, 0) is 12.8 Å². The Labute approximate surface area is 167 Å². The van der Waals surface area contributed by atoms with Crippen LogP contribution in [0.4, 0.5) is 0 Å². The maximum Gasteiger partial charge on any atom is 0.271 e. The minimum absolute atomic E-state index is 0.0750. The van der Waals surface area contributed by atoms with Crippen molar-refractivity contribution in [1.29, 1.82) is 0 Å². The van der Waals surface area contributed by atoms with E-state index in [-0.39, 0.29) is 35.4 Å². The fraction of sp³-hybridized carbons (Fsp3) is 0.300. The average molecular weight is 392 g/mol. The molecule has 29 heavy (non-hydrogen) atoms. The molecule has 148 valence electrons. The molecule has 0 radical (unpaired) electrons. The molecular formula is C20H20N6O3. The molecule has 2 aromatic heterocycles. The number of rotatable bonds is 5. The third-order valence-electron chi connectivity index (χ3n) is 5.08. The van der Waals surface area contributed by atoms with Gasteiger partial charge >= 0.3 is 0 Å². The number of aromatic nitrogens is 4. The summed E-state index contributed by atoms with van der Waals surface area (Å²) < 4.78 is 5.51. The molecule has 0 unspecified atom stereocenters. The van der Waals surface area contributed by atoms with Crippen LogP contribution < -0.4 is 10.6 Å². The molecule has 9 nitrogen and oxygen atoms in total. The molecule has 1 fully saturated rings. The Morgan fingerprint density at radius 1 is 1.14 bits per heavy atom. The maximum absolute atomic E-state index is 12.6. The van der Waals surface area contributed by atoms with Crippen LogP contribution in [0.3, 0.4) is 0 Å². The Kier molecular flexibility index (Phi) is 5.28. The summed E-state index contributed by atoms with van der Waals surface area (Å²) in [6.07, 6.45) is 5.33. The van der Waals surface area contributed by atoms with Crippen molar-refractivity contribution in [3.63, 3.8) is 0 Å². The van der Waals surface area contributed by atoms with E-state index in [0.29, 0.717) is 24.6 Å². The molecule has 1 aliphatic carbocycles. The third kappa shape index (κ3) is 3.98. The van der Waals surface area contributed by atoms with Gasteiger partial charge in [0.05, 0.1) is 12.1 Å². The lowest BCUT2D eigenvalue weighted by Gasteiger charge is -2.17. The van der Waals surface area contributed by atoms with Crippen LogP contribution in [0.25, 0.3) is 11.4 Å². The van der Waals surface area contributed by atoms with Gasteiger partial charge < -0.3 is 15.2 Å². The zero-order valence-corrected chi connectivity index (χ0v) is 15.8. The monoisotopic (exact) mass is 392 g/mol. The first-order valence-corrected chi connectivity index (χ1v) is 9.33. The van der Waals surface area contributed by atoms with Crippen molar-refractivity contribution >= 4 is 11.8 Å². The van der Waals surface area contributed by atoms with Crippen molar-refractivity contribution in [2.45, 2.75) is 24.8 Å². The predicted molar refractivity (Wildman–Crippen MR) is 103 cm³/mol. The second-order valence-electron chi connectivity index (χ2n) is 6.88. The molecule has 2 amide bonds. The van der Waals surface area contributed by atoms with Crippen molar-refractivity contribution in [3.05, 3.63) is 60.5 Å². The largest absolute Gasteiger partial charge is 0.359 e. The van der Waals surface area contributed by atoms with Gasteiger partial charge in [-0.2, -0.15) is 4.98 Å². The summed E-state index contributed by atoms with van der Waals surface area (Å²) in [6, 6.07) is 9.15. The van der Waals surface area contributed by atoms with Crippen molar-refractivity contribution in [2.24, 2.45) is 5.92 Å². The summed E-state index contributed by atoms with van der Waals surface area (Å²) in [6.45, 7) is 0. The van der Waals surface area contributed by atoms with Gasteiger partial charge in [0, 0.05) is 37.0 Å². The quantitative estimate of drug-likeness (QED) is 0.675. The van der Waals surface area contributed by atoms with Crippen LogP contribution in [0.2, 0.25) is 0 Å². The number of nitrogens with zero attached hydrogens (tertiary/aromatic N) is 4. The molecule has 1 aliphatic rings. The number of hydrogen-bond acceptors (Lipinski definition) is 7. The Morgan fingerprint density at radius 3 is 2.69 bits per heavy atom. The number of amides is 2. The van der Waals surface area contributed by atoms with Crippen LogP contribution in [-0.2, 0) is 4.79 Å². The molecule has 1 saturated carbocycles. The van der Waals surface area contributed by atoms with Gasteiger partial charge in [-0.25, -0.2) is 4.98 Å². The fourth-order valence-corrected chi connectivity index (χ4v) is 3.64. The minimum Gasteiger partial charge on any atom is -0.359 e. The number of carbonyl (C=O) groups is 2. The van der Waals surface area contributed by atoms with Crippen LogP contribution in [0.1, 0.15) is 35.1 Å². The minimum atomic E-state index is -0.353. The van der Waals surface area contributed by atoms with Gasteiger partial charge in [-0.3, -0.25) is 14.6 Å². The highest BCUT2D eigenvalue weighted by Gasteiger charge is 2.42. The van der Waals surface area contributed by atoms with E-state index in [4.69, 9.17) is 4.52 Å². The van der Waals surface area contributed by atoms with E-state index in [2.05, 4.69) is 30.7 Å². The van der Waals surface area contributed by atoms with Crippen LogP contribution in [0.5, 0.6) is 0 Å². The molecule has 3 atom stereocenters. The van der Waals surface area contributed by atoms with Gasteiger partial charge in [0.15, 0.2) is 0 Å². The third-order valence-corrected chi connectivity index (χ3v) is 5.08. The molecule has 1 aromatic carbocycles. The molecule has 3 aromatic rings.